The van der Waals surface area contributed by atoms with E-state index in [0.29, 0.717) is 0 Å². The van der Waals surface area contributed by atoms with E-state index in [1.54, 1.807) is 6.92 Å². The Hall–Kier alpha value is -2.58. The SMILES string of the molecule is CCOC(=O)C[C@H](C)[C@H](NC(=O)c1ccccc1C(F)(F)F)C(=O)O. The minimum atomic E-state index is -4.76. The number of carbonyl (C=O) groups is 3. The smallest absolute Gasteiger partial charge is 0.417 e. The average Bonchev–Trinajstić information content (AvgIpc) is 2.51. The summed E-state index contributed by atoms with van der Waals surface area (Å²) < 4.78 is 43.6. The summed E-state index contributed by atoms with van der Waals surface area (Å²) in [5.41, 5.74) is -1.86. The Balaban J connectivity index is 2.98. The lowest BCUT2D eigenvalue weighted by Gasteiger charge is -2.21. The molecule has 0 aliphatic rings. The Morgan fingerprint density at radius 2 is 1.84 bits per heavy atom. The van der Waals surface area contributed by atoms with Crippen LogP contribution in [-0.2, 0) is 20.5 Å². The van der Waals surface area contributed by atoms with Crippen molar-refractivity contribution in [3.63, 3.8) is 0 Å². The third-order valence-corrected chi connectivity index (χ3v) is 3.39. The standard InChI is InChI=1S/C16H18F3NO5/c1-3-25-12(21)8-9(2)13(15(23)24)20-14(22)10-6-4-5-7-11(10)16(17,18)19/h4-7,9,13H,3,8H2,1-2H3,(H,20,22)(H,23,24)/t9-,13-/m0/s1. The van der Waals surface area contributed by atoms with Gasteiger partial charge in [0, 0.05) is 0 Å². The number of carboxylic acids is 1. The van der Waals surface area contributed by atoms with Gasteiger partial charge in [-0.2, -0.15) is 13.2 Å². The van der Waals surface area contributed by atoms with Crippen LogP contribution >= 0.6 is 0 Å². The van der Waals surface area contributed by atoms with Gasteiger partial charge in [-0.15, -0.1) is 0 Å². The molecule has 2 atom stereocenters. The van der Waals surface area contributed by atoms with E-state index in [0.717, 1.165) is 18.2 Å². The van der Waals surface area contributed by atoms with Gasteiger partial charge in [0.2, 0.25) is 0 Å². The summed E-state index contributed by atoms with van der Waals surface area (Å²) in [5, 5.41) is 11.3. The summed E-state index contributed by atoms with van der Waals surface area (Å²) in [6, 6.07) is 2.50. The molecule has 0 fully saturated rings. The summed E-state index contributed by atoms with van der Waals surface area (Å²) in [4.78, 5) is 34.9. The molecular weight excluding hydrogens is 343 g/mol. The number of benzene rings is 1. The second-order valence-corrected chi connectivity index (χ2v) is 5.32. The highest BCUT2D eigenvalue weighted by Crippen LogP contribution is 2.31. The zero-order valence-corrected chi connectivity index (χ0v) is 13.6. The summed E-state index contributed by atoms with van der Waals surface area (Å²) in [6.45, 7) is 3.06. The second kappa shape index (κ2) is 8.50. The van der Waals surface area contributed by atoms with Gasteiger partial charge in [0.05, 0.1) is 24.2 Å². The Morgan fingerprint density at radius 1 is 1.24 bits per heavy atom. The lowest BCUT2D eigenvalue weighted by Crippen LogP contribution is -2.46. The molecule has 138 valence electrons. The predicted octanol–water partition coefficient (Wildman–Crippen LogP) is 2.48. The Bertz CT molecular complexity index is 645. The van der Waals surface area contributed by atoms with Crippen molar-refractivity contribution in [2.45, 2.75) is 32.5 Å². The third-order valence-electron chi connectivity index (χ3n) is 3.39. The number of hydrogen-bond acceptors (Lipinski definition) is 4. The Kier molecular flexibility index (Phi) is 6.96. The quantitative estimate of drug-likeness (QED) is 0.728. The van der Waals surface area contributed by atoms with Crippen LogP contribution in [0.3, 0.4) is 0 Å². The van der Waals surface area contributed by atoms with Gasteiger partial charge in [-0.05, 0) is 25.0 Å². The fraction of sp³-hybridized carbons (Fsp3) is 0.438. The largest absolute Gasteiger partial charge is 0.480 e. The van der Waals surface area contributed by atoms with E-state index >= 15 is 0 Å². The maximum absolute atomic E-state index is 13.0. The van der Waals surface area contributed by atoms with Crippen LogP contribution in [0.5, 0.6) is 0 Å². The van der Waals surface area contributed by atoms with E-state index in [1.165, 1.54) is 13.0 Å². The van der Waals surface area contributed by atoms with E-state index < -0.39 is 47.1 Å². The van der Waals surface area contributed by atoms with Crippen LogP contribution in [0.2, 0.25) is 0 Å². The van der Waals surface area contributed by atoms with Gasteiger partial charge in [-0.25, -0.2) is 4.79 Å². The first-order valence-corrected chi connectivity index (χ1v) is 7.43. The molecule has 0 spiro atoms. The lowest BCUT2D eigenvalue weighted by atomic mass is 9.97. The number of carboxylic acid groups (broad SMARTS) is 1. The molecule has 1 amide bonds. The molecule has 25 heavy (non-hydrogen) atoms. The Morgan fingerprint density at radius 3 is 2.36 bits per heavy atom. The van der Waals surface area contributed by atoms with Gasteiger partial charge in [0.25, 0.3) is 5.91 Å². The molecule has 0 saturated heterocycles. The zero-order valence-electron chi connectivity index (χ0n) is 13.6. The van der Waals surface area contributed by atoms with Crippen molar-refractivity contribution in [3.05, 3.63) is 35.4 Å². The number of halogens is 3. The molecule has 1 rings (SSSR count). The normalized spacial score (nSPS) is 13.6. The van der Waals surface area contributed by atoms with E-state index in [4.69, 9.17) is 4.74 Å². The van der Waals surface area contributed by atoms with Crippen molar-refractivity contribution in [2.24, 2.45) is 5.92 Å². The van der Waals surface area contributed by atoms with Crippen LogP contribution in [0, 0.1) is 5.92 Å². The van der Waals surface area contributed by atoms with Crippen LogP contribution in [0.15, 0.2) is 24.3 Å². The van der Waals surface area contributed by atoms with Crippen molar-refractivity contribution in [2.75, 3.05) is 6.61 Å². The molecule has 0 saturated carbocycles. The summed E-state index contributed by atoms with van der Waals surface area (Å²) in [6.07, 6.45) is -5.06. The molecule has 2 N–H and O–H groups in total. The number of ether oxygens (including phenoxy) is 1. The maximum Gasteiger partial charge on any atom is 0.417 e. The van der Waals surface area contributed by atoms with Crippen molar-refractivity contribution < 1.29 is 37.4 Å². The molecule has 0 aliphatic carbocycles. The molecule has 0 radical (unpaired) electrons. The molecule has 0 heterocycles. The number of esters is 1. The molecule has 0 aliphatic heterocycles. The topological polar surface area (TPSA) is 92.7 Å². The number of amides is 1. The summed E-state index contributed by atoms with van der Waals surface area (Å²) >= 11 is 0. The molecular formula is C16H18F3NO5. The molecule has 0 bridgehead atoms. The van der Waals surface area contributed by atoms with Gasteiger partial charge >= 0.3 is 18.1 Å². The highest BCUT2D eigenvalue weighted by atomic mass is 19.4. The second-order valence-electron chi connectivity index (χ2n) is 5.32. The van der Waals surface area contributed by atoms with Crippen molar-refractivity contribution in [3.8, 4) is 0 Å². The van der Waals surface area contributed by atoms with E-state index in [1.807, 2.05) is 5.32 Å². The minimum absolute atomic E-state index is 0.106. The van der Waals surface area contributed by atoms with E-state index in [-0.39, 0.29) is 13.0 Å². The van der Waals surface area contributed by atoms with Crippen LogP contribution in [0.25, 0.3) is 0 Å². The number of rotatable bonds is 7. The van der Waals surface area contributed by atoms with Crippen molar-refractivity contribution in [1.29, 1.82) is 0 Å². The van der Waals surface area contributed by atoms with Gasteiger partial charge in [0.1, 0.15) is 6.04 Å². The van der Waals surface area contributed by atoms with E-state index in [2.05, 4.69) is 0 Å². The molecule has 0 unspecified atom stereocenters. The average molecular weight is 361 g/mol. The zero-order chi connectivity index (χ0) is 19.2. The van der Waals surface area contributed by atoms with Gasteiger partial charge in [0.15, 0.2) is 0 Å². The molecule has 9 heteroatoms. The number of aliphatic carboxylic acids is 1. The highest BCUT2D eigenvalue weighted by Gasteiger charge is 2.36. The van der Waals surface area contributed by atoms with Crippen LogP contribution in [0.4, 0.5) is 13.2 Å². The van der Waals surface area contributed by atoms with Crippen LogP contribution in [0.1, 0.15) is 36.2 Å². The minimum Gasteiger partial charge on any atom is -0.480 e. The monoisotopic (exact) mass is 361 g/mol. The summed E-state index contributed by atoms with van der Waals surface area (Å²) in [7, 11) is 0. The van der Waals surface area contributed by atoms with Gasteiger partial charge < -0.3 is 15.2 Å². The third kappa shape index (κ3) is 5.77. The summed E-state index contributed by atoms with van der Waals surface area (Å²) in [5.74, 6) is -4.18. The fourth-order valence-corrected chi connectivity index (χ4v) is 2.20. The lowest BCUT2D eigenvalue weighted by molar-refractivity contribution is -0.146. The first-order valence-electron chi connectivity index (χ1n) is 7.43. The van der Waals surface area contributed by atoms with Gasteiger partial charge in [-0.3, -0.25) is 9.59 Å². The number of hydrogen-bond donors (Lipinski definition) is 2. The van der Waals surface area contributed by atoms with E-state index in [9.17, 15) is 32.7 Å². The van der Waals surface area contributed by atoms with Crippen molar-refractivity contribution >= 4 is 17.8 Å². The fourth-order valence-electron chi connectivity index (χ4n) is 2.20. The van der Waals surface area contributed by atoms with Crippen LogP contribution in [-0.4, -0.2) is 35.6 Å². The number of alkyl halides is 3. The molecule has 6 nitrogen and oxygen atoms in total. The highest BCUT2D eigenvalue weighted by molar-refractivity contribution is 5.98. The van der Waals surface area contributed by atoms with Crippen molar-refractivity contribution in [1.82, 2.24) is 5.32 Å². The molecule has 0 aromatic heterocycles. The Labute approximate surface area is 142 Å². The van der Waals surface area contributed by atoms with Gasteiger partial charge in [-0.1, -0.05) is 19.1 Å². The van der Waals surface area contributed by atoms with Crippen LogP contribution < -0.4 is 5.32 Å². The molecule has 1 aromatic rings. The molecule has 1 aromatic carbocycles. The maximum atomic E-state index is 13.0. The first-order chi connectivity index (χ1) is 11.6. The number of nitrogens with one attached hydrogen (secondary N) is 1. The number of carbonyl (C=O) groups excluding carboxylic acids is 2. The predicted molar refractivity (Wildman–Crippen MR) is 80.7 cm³/mol. The first kappa shape index (κ1) is 20.5.